The Kier molecular flexibility index (Phi) is 5.02. The minimum absolute atomic E-state index is 0.851. The van der Waals surface area contributed by atoms with Gasteiger partial charge in [0.15, 0.2) is 0 Å². The number of hydrogen-bond donors (Lipinski definition) is 1. The van der Waals surface area contributed by atoms with Crippen molar-refractivity contribution in [2.75, 3.05) is 0 Å². The van der Waals surface area contributed by atoms with E-state index in [0.29, 0.717) is 0 Å². The molecule has 1 N–H and O–H groups in total. The molecule has 0 radical (unpaired) electrons. The lowest BCUT2D eigenvalue weighted by atomic mass is 10.0. The Bertz CT molecular complexity index is 1130. The number of rotatable bonds is 6. The zero-order chi connectivity index (χ0) is 19.3. The smallest absolute Gasteiger partial charge is 0.328 e. The fourth-order valence-electron chi connectivity index (χ4n) is 3.40. The number of aliphatic carboxylic acids is 1. The third kappa shape index (κ3) is 3.86. The Hall–Kier alpha value is -3.66. The van der Waals surface area contributed by atoms with Gasteiger partial charge in [0, 0.05) is 35.2 Å². The predicted molar refractivity (Wildman–Crippen MR) is 112 cm³/mol. The van der Waals surface area contributed by atoms with Gasteiger partial charge in [0.2, 0.25) is 0 Å². The Morgan fingerprint density at radius 3 is 2.57 bits per heavy atom. The van der Waals surface area contributed by atoms with Crippen LogP contribution in [0.5, 0.6) is 0 Å². The number of nitrogens with zero attached hydrogens (tertiary/aromatic N) is 2. The average molecular weight is 368 g/mol. The van der Waals surface area contributed by atoms with E-state index in [2.05, 4.69) is 33.9 Å². The third-order valence-electron chi connectivity index (χ3n) is 4.74. The first-order valence-corrected chi connectivity index (χ1v) is 9.21. The second-order valence-electron chi connectivity index (χ2n) is 6.63. The second-order valence-corrected chi connectivity index (χ2v) is 6.63. The number of aromatic nitrogens is 2. The highest BCUT2D eigenvalue weighted by molar-refractivity contribution is 5.90. The minimum atomic E-state index is -0.947. The maximum atomic E-state index is 10.9. The lowest BCUT2D eigenvalue weighted by Crippen LogP contribution is -1.93. The molecule has 0 saturated heterocycles. The van der Waals surface area contributed by atoms with Gasteiger partial charge in [-0.05, 0) is 66.4 Å². The third-order valence-corrected chi connectivity index (χ3v) is 4.74. The molecule has 0 spiro atoms. The highest BCUT2D eigenvalue weighted by Gasteiger charge is 2.11. The number of pyridine rings is 1. The summed E-state index contributed by atoms with van der Waals surface area (Å²) in [5.74, 6) is -0.947. The number of carboxylic acid groups (broad SMARTS) is 1. The van der Waals surface area contributed by atoms with E-state index >= 15 is 0 Å². The van der Waals surface area contributed by atoms with Gasteiger partial charge in [-0.3, -0.25) is 4.98 Å². The summed E-state index contributed by atoms with van der Waals surface area (Å²) >= 11 is 0. The molecule has 0 amide bonds. The van der Waals surface area contributed by atoms with E-state index in [1.807, 2.05) is 54.7 Å². The van der Waals surface area contributed by atoms with Gasteiger partial charge in [0.05, 0.1) is 5.52 Å². The molecule has 0 aliphatic rings. The van der Waals surface area contributed by atoms with Crippen LogP contribution in [0.2, 0.25) is 0 Å². The van der Waals surface area contributed by atoms with E-state index in [9.17, 15) is 4.79 Å². The van der Waals surface area contributed by atoms with Gasteiger partial charge < -0.3 is 9.67 Å². The molecule has 0 aliphatic heterocycles. The fraction of sp³-hybridized carbons (Fsp3) is 0.0833. The van der Waals surface area contributed by atoms with E-state index < -0.39 is 5.97 Å². The molecular weight excluding hydrogens is 348 g/mol. The zero-order valence-corrected chi connectivity index (χ0v) is 15.3. The molecule has 138 valence electrons. The topological polar surface area (TPSA) is 55.1 Å². The molecule has 4 heteroatoms. The van der Waals surface area contributed by atoms with Crippen LogP contribution in [0.4, 0.5) is 0 Å². The molecule has 0 bridgehead atoms. The molecule has 0 unspecified atom stereocenters. The van der Waals surface area contributed by atoms with Gasteiger partial charge in [-0.2, -0.15) is 0 Å². The van der Waals surface area contributed by atoms with Crippen molar-refractivity contribution in [3.63, 3.8) is 0 Å². The normalized spacial score (nSPS) is 11.3. The molecule has 4 aromatic rings. The summed E-state index contributed by atoms with van der Waals surface area (Å²) in [6.07, 6.45) is 8.50. The Balaban J connectivity index is 1.76. The lowest BCUT2D eigenvalue weighted by Gasteiger charge is -2.05. The Morgan fingerprint density at radius 2 is 1.82 bits per heavy atom. The SMILES string of the molecule is O=C(O)/C=C/c1ccc2c(c1)c(CCc1ccccn1)cn2-c1ccccc1. The Labute approximate surface area is 163 Å². The van der Waals surface area contributed by atoms with Gasteiger partial charge in [-0.15, -0.1) is 0 Å². The first-order valence-electron chi connectivity index (χ1n) is 9.21. The van der Waals surface area contributed by atoms with E-state index in [0.717, 1.165) is 40.7 Å². The number of para-hydroxylation sites is 1. The quantitative estimate of drug-likeness (QED) is 0.492. The minimum Gasteiger partial charge on any atom is -0.478 e. The molecule has 0 atom stereocenters. The van der Waals surface area contributed by atoms with E-state index in [1.54, 1.807) is 6.08 Å². The van der Waals surface area contributed by atoms with Crippen molar-refractivity contribution in [1.82, 2.24) is 9.55 Å². The van der Waals surface area contributed by atoms with Gasteiger partial charge >= 0.3 is 5.97 Å². The van der Waals surface area contributed by atoms with Crippen molar-refractivity contribution in [3.05, 3.63) is 102 Å². The molecule has 28 heavy (non-hydrogen) atoms. The maximum absolute atomic E-state index is 10.9. The number of benzene rings is 2. The molecule has 0 fully saturated rings. The van der Waals surface area contributed by atoms with Gasteiger partial charge in [-0.1, -0.05) is 30.3 Å². The number of aryl methyl sites for hydroxylation is 2. The molecule has 4 nitrogen and oxygen atoms in total. The number of hydrogen-bond acceptors (Lipinski definition) is 2. The number of carbonyl (C=O) groups is 1. The predicted octanol–water partition coefficient (Wildman–Crippen LogP) is 4.91. The molecule has 4 rings (SSSR count). The zero-order valence-electron chi connectivity index (χ0n) is 15.3. The summed E-state index contributed by atoms with van der Waals surface area (Å²) in [4.78, 5) is 15.3. The van der Waals surface area contributed by atoms with Crippen molar-refractivity contribution in [3.8, 4) is 5.69 Å². The molecule has 2 heterocycles. The molecule has 2 aromatic carbocycles. The van der Waals surface area contributed by atoms with Gasteiger partial charge in [0.1, 0.15) is 0 Å². The van der Waals surface area contributed by atoms with Crippen LogP contribution < -0.4 is 0 Å². The average Bonchev–Trinajstić information content (AvgIpc) is 3.10. The fourth-order valence-corrected chi connectivity index (χ4v) is 3.40. The van der Waals surface area contributed by atoms with Crippen LogP contribution in [-0.2, 0) is 17.6 Å². The van der Waals surface area contributed by atoms with E-state index in [4.69, 9.17) is 5.11 Å². The van der Waals surface area contributed by atoms with Crippen molar-refractivity contribution in [2.24, 2.45) is 0 Å². The van der Waals surface area contributed by atoms with E-state index in [1.165, 1.54) is 11.6 Å². The summed E-state index contributed by atoms with van der Waals surface area (Å²) in [7, 11) is 0. The first-order chi connectivity index (χ1) is 13.7. The second kappa shape index (κ2) is 7.92. The summed E-state index contributed by atoms with van der Waals surface area (Å²) in [5.41, 5.74) is 5.36. The number of carboxylic acids is 1. The molecule has 2 aromatic heterocycles. The number of fused-ring (bicyclic) bond motifs is 1. The Morgan fingerprint density at radius 1 is 1.00 bits per heavy atom. The van der Waals surface area contributed by atoms with Crippen LogP contribution in [-0.4, -0.2) is 20.6 Å². The molecular formula is C24H20N2O2. The maximum Gasteiger partial charge on any atom is 0.328 e. The van der Waals surface area contributed by atoms with Crippen LogP contribution in [0.15, 0.2) is 85.2 Å². The molecule has 0 aliphatic carbocycles. The highest BCUT2D eigenvalue weighted by Crippen LogP contribution is 2.27. The van der Waals surface area contributed by atoms with Crippen LogP contribution in [0.25, 0.3) is 22.7 Å². The van der Waals surface area contributed by atoms with Crippen LogP contribution in [0.3, 0.4) is 0 Å². The standard InChI is InChI=1S/C24H20N2O2/c27-24(28)14-10-18-9-13-23-22(16-18)19(11-12-20-6-4-5-15-25-20)17-26(23)21-7-2-1-3-8-21/h1-10,13-17H,11-12H2,(H,27,28)/b14-10+. The molecule has 0 saturated carbocycles. The van der Waals surface area contributed by atoms with Crippen molar-refractivity contribution in [2.45, 2.75) is 12.8 Å². The van der Waals surface area contributed by atoms with Crippen molar-refractivity contribution in [1.29, 1.82) is 0 Å². The van der Waals surface area contributed by atoms with Crippen LogP contribution in [0, 0.1) is 0 Å². The highest BCUT2D eigenvalue weighted by atomic mass is 16.4. The lowest BCUT2D eigenvalue weighted by molar-refractivity contribution is -0.131. The van der Waals surface area contributed by atoms with Gasteiger partial charge in [-0.25, -0.2) is 4.79 Å². The van der Waals surface area contributed by atoms with E-state index in [-0.39, 0.29) is 0 Å². The summed E-state index contributed by atoms with van der Waals surface area (Å²) < 4.78 is 2.19. The summed E-state index contributed by atoms with van der Waals surface area (Å²) in [5, 5.41) is 10.0. The summed E-state index contributed by atoms with van der Waals surface area (Å²) in [6, 6.07) is 22.2. The van der Waals surface area contributed by atoms with Gasteiger partial charge in [0.25, 0.3) is 0 Å². The first kappa shape index (κ1) is 17.7. The summed E-state index contributed by atoms with van der Waals surface area (Å²) in [6.45, 7) is 0. The van der Waals surface area contributed by atoms with Crippen LogP contribution in [0.1, 0.15) is 16.8 Å². The van der Waals surface area contributed by atoms with Crippen LogP contribution >= 0.6 is 0 Å². The van der Waals surface area contributed by atoms with Crippen molar-refractivity contribution >= 4 is 22.9 Å². The van der Waals surface area contributed by atoms with Crippen molar-refractivity contribution < 1.29 is 9.90 Å². The largest absolute Gasteiger partial charge is 0.478 e. The monoisotopic (exact) mass is 368 g/mol.